The summed E-state index contributed by atoms with van der Waals surface area (Å²) in [6, 6.07) is 7.24. The molecule has 3 N–H and O–H groups in total. The smallest absolute Gasteiger partial charge is 0.305 e. The fourth-order valence-electron chi connectivity index (χ4n) is 2.22. The molecule has 118 valence electrons. The van der Waals surface area contributed by atoms with Gasteiger partial charge >= 0.3 is 5.97 Å². The van der Waals surface area contributed by atoms with E-state index in [1.807, 2.05) is 24.3 Å². The van der Waals surface area contributed by atoms with Crippen molar-refractivity contribution >= 4 is 5.97 Å². The Bertz CT molecular complexity index is 428. The molecule has 1 rings (SSSR count). The number of carboxylic acids is 1. The van der Waals surface area contributed by atoms with Crippen LogP contribution in [0.3, 0.4) is 0 Å². The van der Waals surface area contributed by atoms with Crippen molar-refractivity contribution in [3.63, 3.8) is 0 Å². The van der Waals surface area contributed by atoms with Crippen LogP contribution in [-0.4, -0.2) is 28.8 Å². The number of benzene rings is 1. The number of aliphatic hydroxyl groups is 1. The van der Waals surface area contributed by atoms with Crippen molar-refractivity contribution in [2.45, 2.75) is 52.2 Å². The van der Waals surface area contributed by atoms with E-state index in [1.165, 1.54) is 5.56 Å². The highest BCUT2D eigenvalue weighted by Crippen LogP contribution is 2.20. The van der Waals surface area contributed by atoms with Crippen molar-refractivity contribution in [1.29, 1.82) is 0 Å². The average Bonchev–Trinajstić information content (AvgIpc) is 2.45. The van der Waals surface area contributed by atoms with Gasteiger partial charge in [-0.25, -0.2) is 0 Å². The second-order valence-electron chi connectivity index (χ2n) is 5.88. The maximum atomic E-state index is 11.0. The molecule has 1 aromatic rings. The summed E-state index contributed by atoms with van der Waals surface area (Å²) < 4.78 is 0. The molecule has 2 unspecified atom stereocenters. The minimum Gasteiger partial charge on any atom is -0.481 e. The number of carbonyl (C=O) groups is 1. The quantitative estimate of drug-likeness (QED) is 0.655. The second kappa shape index (κ2) is 8.80. The largest absolute Gasteiger partial charge is 0.481 e. The molecule has 1 aromatic carbocycles. The third-order valence-corrected chi connectivity index (χ3v) is 3.63. The normalized spacial score (nSPS) is 14.1. The molecule has 0 aliphatic heterocycles. The number of carboxylic acid groups (broad SMARTS) is 1. The Balaban J connectivity index is 2.72. The number of hydrogen-bond acceptors (Lipinski definition) is 3. The molecule has 0 saturated heterocycles. The fourth-order valence-corrected chi connectivity index (χ4v) is 2.22. The van der Waals surface area contributed by atoms with E-state index in [4.69, 9.17) is 5.11 Å². The number of aliphatic hydroxyl groups excluding tert-OH is 1. The van der Waals surface area contributed by atoms with Crippen molar-refractivity contribution in [3.8, 4) is 0 Å². The van der Waals surface area contributed by atoms with Crippen LogP contribution >= 0.6 is 0 Å². The first kappa shape index (κ1) is 17.7. The summed E-state index contributed by atoms with van der Waals surface area (Å²) in [7, 11) is 0. The van der Waals surface area contributed by atoms with Crippen LogP contribution in [0.1, 0.15) is 50.8 Å². The van der Waals surface area contributed by atoms with Gasteiger partial charge in [-0.1, -0.05) is 45.0 Å². The van der Waals surface area contributed by atoms with E-state index in [9.17, 15) is 9.90 Å². The molecular formula is C17H27NO3. The molecule has 0 fully saturated rings. The van der Waals surface area contributed by atoms with Crippen LogP contribution in [0.5, 0.6) is 0 Å². The van der Waals surface area contributed by atoms with Gasteiger partial charge in [-0.2, -0.15) is 0 Å². The van der Waals surface area contributed by atoms with Gasteiger partial charge in [-0.05, 0) is 36.4 Å². The van der Waals surface area contributed by atoms with E-state index in [2.05, 4.69) is 26.1 Å². The Morgan fingerprint density at radius 2 is 1.86 bits per heavy atom. The third-order valence-electron chi connectivity index (χ3n) is 3.63. The van der Waals surface area contributed by atoms with Crippen molar-refractivity contribution in [1.82, 2.24) is 5.32 Å². The molecule has 0 radical (unpaired) electrons. The number of nitrogens with one attached hydrogen (secondary N) is 1. The minimum absolute atomic E-state index is 0.0885. The fraction of sp³-hybridized carbons (Fsp3) is 0.588. The molecule has 2 atom stereocenters. The van der Waals surface area contributed by atoms with Gasteiger partial charge in [-0.15, -0.1) is 0 Å². The van der Waals surface area contributed by atoms with E-state index in [-0.39, 0.29) is 6.42 Å². The molecule has 0 heterocycles. The monoisotopic (exact) mass is 293 g/mol. The van der Waals surface area contributed by atoms with Gasteiger partial charge in [0.05, 0.1) is 12.5 Å². The molecule has 4 heteroatoms. The zero-order chi connectivity index (χ0) is 15.8. The van der Waals surface area contributed by atoms with Crippen LogP contribution in [0.2, 0.25) is 0 Å². The predicted octanol–water partition coefficient (Wildman–Crippen LogP) is 2.76. The van der Waals surface area contributed by atoms with Gasteiger partial charge in [0.25, 0.3) is 0 Å². The van der Waals surface area contributed by atoms with Crippen LogP contribution in [0, 0.1) is 5.92 Å². The summed E-state index contributed by atoms with van der Waals surface area (Å²) in [5.41, 5.74) is 1.96. The van der Waals surface area contributed by atoms with Gasteiger partial charge in [-0.3, -0.25) is 4.79 Å². The molecule has 0 saturated carbocycles. The summed E-state index contributed by atoms with van der Waals surface area (Å²) in [5, 5.41) is 22.6. The van der Waals surface area contributed by atoms with Crippen molar-refractivity contribution in [2.75, 3.05) is 6.54 Å². The van der Waals surface area contributed by atoms with Crippen LogP contribution in [0.4, 0.5) is 0 Å². The molecule has 0 aliphatic carbocycles. The molecule has 0 aliphatic rings. The summed E-state index contributed by atoms with van der Waals surface area (Å²) in [5.74, 6) is -0.356. The van der Waals surface area contributed by atoms with E-state index < -0.39 is 18.1 Å². The Kier molecular flexibility index (Phi) is 7.40. The molecule has 0 amide bonds. The van der Waals surface area contributed by atoms with Crippen LogP contribution in [0.15, 0.2) is 24.3 Å². The van der Waals surface area contributed by atoms with E-state index in [0.717, 1.165) is 18.4 Å². The lowest BCUT2D eigenvalue weighted by Gasteiger charge is -2.24. The maximum Gasteiger partial charge on any atom is 0.305 e. The molecule has 4 nitrogen and oxygen atoms in total. The zero-order valence-electron chi connectivity index (χ0n) is 13.2. The number of hydrogen-bond donors (Lipinski definition) is 3. The summed E-state index contributed by atoms with van der Waals surface area (Å²) in [6.45, 7) is 7.02. The molecule has 0 aromatic heterocycles. The van der Waals surface area contributed by atoms with Crippen molar-refractivity contribution < 1.29 is 15.0 Å². The zero-order valence-corrected chi connectivity index (χ0v) is 13.2. The number of rotatable bonds is 9. The molecular weight excluding hydrogens is 266 g/mol. The average molecular weight is 293 g/mol. The van der Waals surface area contributed by atoms with Gasteiger partial charge in [0.15, 0.2) is 0 Å². The molecule has 21 heavy (non-hydrogen) atoms. The summed E-state index contributed by atoms with van der Waals surface area (Å²) in [6.07, 6.45) is 1.01. The van der Waals surface area contributed by atoms with Crippen LogP contribution in [0.25, 0.3) is 0 Å². The summed E-state index contributed by atoms with van der Waals surface area (Å²) >= 11 is 0. The van der Waals surface area contributed by atoms with Crippen molar-refractivity contribution in [3.05, 3.63) is 35.4 Å². The van der Waals surface area contributed by atoms with E-state index in [1.54, 1.807) is 0 Å². The molecule has 0 bridgehead atoms. The van der Waals surface area contributed by atoms with Crippen LogP contribution < -0.4 is 5.32 Å². The van der Waals surface area contributed by atoms with E-state index in [0.29, 0.717) is 12.5 Å². The number of aliphatic carboxylic acids is 1. The van der Waals surface area contributed by atoms with Gasteiger partial charge in [0, 0.05) is 6.04 Å². The lowest BCUT2D eigenvalue weighted by atomic mass is 9.98. The summed E-state index contributed by atoms with van der Waals surface area (Å²) in [4.78, 5) is 11.0. The first-order chi connectivity index (χ1) is 9.93. The minimum atomic E-state index is -0.902. The Morgan fingerprint density at radius 1 is 1.24 bits per heavy atom. The lowest BCUT2D eigenvalue weighted by molar-refractivity contribution is -0.138. The van der Waals surface area contributed by atoms with Gasteiger partial charge in [0.1, 0.15) is 0 Å². The Hall–Kier alpha value is -1.39. The third kappa shape index (κ3) is 6.27. The second-order valence-corrected chi connectivity index (χ2v) is 5.88. The highest BCUT2D eigenvalue weighted by Gasteiger charge is 2.23. The Morgan fingerprint density at radius 3 is 2.33 bits per heavy atom. The first-order valence-electron chi connectivity index (χ1n) is 7.66. The predicted molar refractivity (Wildman–Crippen MR) is 84.3 cm³/mol. The highest BCUT2D eigenvalue weighted by molar-refractivity contribution is 5.67. The van der Waals surface area contributed by atoms with Crippen LogP contribution in [-0.2, 0) is 11.2 Å². The first-order valence-corrected chi connectivity index (χ1v) is 7.66. The van der Waals surface area contributed by atoms with Crippen molar-refractivity contribution in [2.24, 2.45) is 5.92 Å². The Labute approximate surface area is 127 Å². The van der Waals surface area contributed by atoms with Gasteiger partial charge in [0.2, 0.25) is 0 Å². The maximum absolute atomic E-state index is 11.0. The van der Waals surface area contributed by atoms with E-state index >= 15 is 0 Å². The van der Waals surface area contributed by atoms with Gasteiger partial charge < -0.3 is 15.5 Å². The standard InChI is InChI=1S/C17H27NO3/c1-4-13-5-7-14(8-6-13)17(21)15(11-16(19)20)18-10-9-12(2)3/h5-8,12,15,17-18,21H,4,9-11H2,1-3H3,(H,19,20). The SMILES string of the molecule is CCc1ccc(C(O)C(CC(=O)O)NCCC(C)C)cc1. The topological polar surface area (TPSA) is 69.6 Å². The number of aryl methyl sites for hydroxylation is 1. The molecule has 0 spiro atoms. The lowest BCUT2D eigenvalue weighted by Crippen LogP contribution is -2.37. The highest BCUT2D eigenvalue weighted by atomic mass is 16.4.